The number of methoxy groups -OCH3 is 1. The summed E-state index contributed by atoms with van der Waals surface area (Å²) in [6.45, 7) is 0. The Labute approximate surface area is 130 Å². The molecule has 2 rings (SSSR count). The lowest BCUT2D eigenvalue weighted by Crippen LogP contribution is -2.13. The molecule has 0 aromatic heterocycles. The van der Waals surface area contributed by atoms with Crippen molar-refractivity contribution < 1.29 is 9.13 Å². The molecular formula is C15H14BrClFNO. The average Bonchev–Trinajstić information content (AvgIpc) is 2.42. The lowest BCUT2D eigenvalue weighted by molar-refractivity contribution is 0.412. The number of nitrogens with two attached hydrogens (primary N) is 1. The Kier molecular flexibility index (Phi) is 5.02. The zero-order valence-electron chi connectivity index (χ0n) is 10.9. The number of hydrogen-bond donors (Lipinski definition) is 1. The van der Waals surface area contributed by atoms with E-state index in [-0.39, 0.29) is 11.1 Å². The average molecular weight is 359 g/mol. The molecule has 0 saturated carbocycles. The fraction of sp³-hybridized carbons (Fsp3) is 0.200. The molecule has 5 heteroatoms. The molecule has 0 aliphatic carbocycles. The first-order chi connectivity index (χ1) is 9.51. The van der Waals surface area contributed by atoms with Crippen molar-refractivity contribution in [3.05, 3.63) is 62.8 Å². The van der Waals surface area contributed by atoms with Gasteiger partial charge in [-0.1, -0.05) is 23.7 Å². The van der Waals surface area contributed by atoms with Crippen LogP contribution in [0.2, 0.25) is 5.02 Å². The molecule has 2 aromatic rings. The van der Waals surface area contributed by atoms with Gasteiger partial charge in [-0.3, -0.25) is 0 Å². The number of ether oxygens (including phenoxy) is 1. The van der Waals surface area contributed by atoms with Gasteiger partial charge in [0.2, 0.25) is 0 Å². The van der Waals surface area contributed by atoms with Gasteiger partial charge in [0.15, 0.2) is 0 Å². The van der Waals surface area contributed by atoms with E-state index in [0.29, 0.717) is 6.42 Å². The first-order valence-corrected chi connectivity index (χ1v) is 7.21. The van der Waals surface area contributed by atoms with Gasteiger partial charge < -0.3 is 10.5 Å². The van der Waals surface area contributed by atoms with E-state index < -0.39 is 5.82 Å². The Morgan fingerprint density at radius 1 is 1.30 bits per heavy atom. The quantitative estimate of drug-likeness (QED) is 0.874. The van der Waals surface area contributed by atoms with Crippen LogP contribution in [-0.2, 0) is 6.42 Å². The summed E-state index contributed by atoms with van der Waals surface area (Å²) in [6.07, 6.45) is 0.630. The summed E-state index contributed by atoms with van der Waals surface area (Å²) in [5.74, 6) is 0.335. The largest absolute Gasteiger partial charge is 0.496 e. The zero-order valence-corrected chi connectivity index (χ0v) is 13.2. The van der Waals surface area contributed by atoms with Crippen molar-refractivity contribution >= 4 is 27.5 Å². The molecule has 0 heterocycles. The van der Waals surface area contributed by atoms with E-state index in [2.05, 4.69) is 15.9 Å². The smallest absolute Gasteiger partial charge is 0.141 e. The molecule has 0 aliphatic heterocycles. The predicted octanol–water partition coefficient (Wildman–Crippen LogP) is 4.49. The van der Waals surface area contributed by atoms with Gasteiger partial charge >= 0.3 is 0 Å². The molecule has 1 atom stereocenters. The van der Waals surface area contributed by atoms with Crippen LogP contribution in [0.25, 0.3) is 0 Å². The second-order valence-corrected chi connectivity index (χ2v) is 5.71. The molecular weight excluding hydrogens is 345 g/mol. The van der Waals surface area contributed by atoms with Crippen LogP contribution in [0.5, 0.6) is 5.75 Å². The van der Waals surface area contributed by atoms with E-state index in [1.165, 1.54) is 6.07 Å². The van der Waals surface area contributed by atoms with Crippen molar-refractivity contribution in [2.75, 3.05) is 7.11 Å². The van der Waals surface area contributed by atoms with E-state index in [4.69, 9.17) is 22.1 Å². The Morgan fingerprint density at radius 3 is 2.65 bits per heavy atom. The summed E-state index contributed by atoms with van der Waals surface area (Å²) in [4.78, 5) is 0. The van der Waals surface area contributed by atoms with E-state index in [1.54, 1.807) is 19.2 Å². The first-order valence-electron chi connectivity index (χ1n) is 6.04. The Hall–Kier alpha value is -1.10. The summed E-state index contributed by atoms with van der Waals surface area (Å²) in [5.41, 5.74) is 8.01. The molecule has 0 radical (unpaired) electrons. The van der Waals surface area contributed by atoms with E-state index in [1.807, 2.05) is 18.2 Å². The normalized spacial score (nSPS) is 12.2. The van der Waals surface area contributed by atoms with Crippen LogP contribution < -0.4 is 10.5 Å². The minimum Gasteiger partial charge on any atom is -0.496 e. The molecule has 106 valence electrons. The molecule has 0 saturated heterocycles. The van der Waals surface area contributed by atoms with E-state index in [0.717, 1.165) is 21.3 Å². The summed E-state index contributed by atoms with van der Waals surface area (Å²) in [7, 11) is 1.62. The van der Waals surface area contributed by atoms with E-state index in [9.17, 15) is 4.39 Å². The lowest BCUT2D eigenvalue weighted by atomic mass is 9.99. The molecule has 2 aromatic carbocycles. The molecule has 0 amide bonds. The molecule has 0 fully saturated rings. The molecule has 2 nitrogen and oxygen atoms in total. The monoisotopic (exact) mass is 357 g/mol. The summed E-state index contributed by atoms with van der Waals surface area (Å²) in [5, 5.41) is 0.0915. The van der Waals surface area contributed by atoms with Gasteiger partial charge in [-0.25, -0.2) is 4.39 Å². The SMILES string of the molecule is COc1ccc(CC(N)c2ccc(F)c(Cl)c2)cc1Br. The third kappa shape index (κ3) is 3.51. The summed E-state index contributed by atoms with van der Waals surface area (Å²) < 4.78 is 19.2. The second-order valence-electron chi connectivity index (χ2n) is 4.45. The Bertz CT molecular complexity index is 621. The molecule has 0 spiro atoms. The van der Waals surface area contributed by atoms with Crippen molar-refractivity contribution in [3.63, 3.8) is 0 Å². The topological polar surface area (TPSA) is 35.2 Å². The lowest BCUT2D eigenvalue weighted by Gasteiger charge is -2.14. The minimum atomic E-state index is -0.435. The van der Waals surface area contributed by atoms with Crippen molar-refractivity contribution in [2.45, 2.75) is 12.5 Å². The maximum Gasteiger partial charge on any atom is 0.141 e. The van der Waals surface area contributed by atoms with Crippen molar-refractivity contribution in [3.8, 4) is 5.75 Å². The van der Waals surface area contributed by atoms with Crippen LogP contribution in [0.1, 0.15) is 17.2 Å². The standard InChI is InChI=1S/C15H14BrClFNO/c1-20-15-5-2-9(6-11(15)16)7-14(19)10-3-4-13(18)12(17)8-10/h2-6,8,14H,7,19H2,1H3. The van der Waals surface area contributed by atoms with Crippen LogP contribution >= 0.6 is 27.5 Å². The summed E-state index contributed by atoms with van der Waals surface area (Å²) >= 11 is 9.21. The molecule has 0 aliphatic rings. The van der Waals surface area contributed by atoms with Crippen molar-refractivity contribution in [2.24, 2.45) is 5.73 Å². The number of benzene rings is 2. The van der Waals surface area contributed by atoms with Crippen LogP contribution in [0.4, 0.5) is 4.39 Å². The molecule has 2 N–H and O–H groups in total. The fourth-order valence-electron chi connectivity index (χ4n) is 1.95. The van der Waals surface area contributed by atoms with Gasteiger partial charge in [-0.15, -0.1) is 0 Å². The van der Waals surface area contributed by atoms with Crippen molar-refractivity contribution in [1.82, 2.24) is 0 Å². The van der Waals surface area contributed by atoms with Crippen LogP contribution in [0.15, 0.2) is 40.9 Å². The third-order valence-electron chi connectivity index (χ3n) is 3.04. The highest BCUT2D eigenvalue weighted by Gasteiger charge is 2.11. The van der Waals surface area contributed by atoms with Crippen LogP contribution in [-0.4, -0.2) is 7.11 Å². The predicted molar refractivity (Wildman–Crippen MR) is 82.7 cm³/mol. The second kappa shape index (κ2) is 6.57. The highest BCUT2D eigenvalue weighted by Crippen LogP contribution is 2.28. The number of hydrogen-bond acceptors (Lipinski definition) is 2. The Morgan fingerprint density at radius 2 is 2.05 bits per heavy atom. The number of halogens is 3. The Balaban J connectivity index is 2.16. The highest BCUT2D eigenvalue weighted by molar-refractivity contribution is 9.10. The van der Waals surface area contributed by atoms with E-state index >= 15 is 0 Å². The van der Waals surface area contributed by atoms with Gasteiger partial charge in [-0.05, 0) is 57.7 Å². The van der Waals surface area contributed by atoms with Crippen LogP contribution in [0, 0.1) is 5.82 Å². The van der Waals surface area contributed by atoms with Gasteiger partial charge in [-0.2, -0.15) is 0 Å². The first kappa shape index (κ1) is 15.3. The third-order valence-corrected chi connectivity index (χ3v) is 3.95. The highest BCUT2D eigenvalue weighted by atomic mass is 79.9. The van der Waals surface area contributed by atoms with Gasteiger partial charge in [0, 0.05) is 6.04 Å². The van der Waals surface area contributed by atoms with Crippen molar-refractivity contribution in [1.29, 1.82) is 0 Å². The zero-order chi connectivity index (χ0) is 14.7. The van der Waals surface area contributed by atoms with Crippen LogP contribution in [0.3, 0.4) is 0 Å². The van der Waals surface area contributed by atoms with Gasteiger partial charge in [0.1, 0.15) is 11.6 Å². The maximum absolute atomic E-state index is 13.1. The fourth-order valence-corrected chi connectivity index (χ4v) is 2.73. The maximum atomic E-state index is 13.1. The minimum absolute atomic E-state index is 0.0915. The molecule has 0 bridgehead atoms. The molecule has 20 heavy (non-hydrogen) atoms. The van der Waals surface area contributed by atoms with Gasteiger partial charge in [0.25, 0.3) is 0 Å². The van der Waals surface area contributed by atoms with Gasteiger partial charge in [0.05, 0.1) is 16.6 Å². The molecule has 1 unspecified atom stereocenters. The number of rotatable bonds is 4. The summed E-state index contributed by atoms with van der Waals surface area (Å²) in [6, 6.07) is 10.1.